The first kappa shape index (κ1) is 15.8. The Kier molecular flexibility index (Phi) is 4.53. The van der Waals surface area contributed by atoms with E-state index in [-0.39, 0.29) is 20.9 Å². The third kappa shape index (κ3) is 3.95. The van der Waals surface area contributed by atoms with Crippen LogP contribution in [0.2, 0.25) is 5.15 Å². The predicted molar refractivity (Wildman–Crippen MR) is 76.3 cm³/mol. The molecule has 3 nitrogen and oxygen atoms in total. The highest BCUT2D eigenvalue weighted by atomic mass is 79.9. The maximum Gasteiger partial charge on any atom is 0.417 e. The van der Waals surface area contributed by atoms with Crippen LogP contribution in [0.15, 0.2) is 41.0 Å². The summed E-state index contributed by atoms with van der Waals surface area (Å²) in [5.74, 6) is -0.574. The number of pyridine rings is 1. The van der Waals surface area contributed by atoms with Crippen LogP contribution in [0, 0.1) is 0 Å². The van der Waals surface area contributed by atoms with Crippen molar-refractivity contribution in [1.82, 2.24) is 4.98 Å². The van der Waals surface area contributed by atoms with Crippen LogP contribution in [0.5, 0.6) is 0 Å². The summed E-state index contributed by atoms with van der Waals surface area (Å²) in [4.78, 5) is 15.6. The Morgan fingerprint density at radius 2 is 1.95 bits per heavy atom. The van der Waals surface area contributed by atoms with Gasteiger partial charge in [-0.15, -0.1) is 0 Å². The van der Waals surface area contributed by atoms with Gasteiger partial charge < -0.3 is 5.32 Å². The van der Waals surface area contributed by atoms with Crippen molar-refractivity contribution in [2.75, 3.05) is 5.32 Å². The van der Waals surface area contributed by atoms with E-state index in [4.69, 9.17) is 11.6 Å². The molecule has 1 N–H and O–H groups in total. The van der Waals surface area contributed by atoms with Crippen LogP contribution in [0.25, 0.3) is 0 Å². The Bertz CT molecular complexity index is 691. The monoisotopic (exact) mass is 378 g/mol. The van der Waals surface area contributed by atoms with Gasteiger partial charge in [0.15, 0.2) is 0 Å². The highest BCUT2D eigenvalue weighted by Gasteiger charge is 2.33. The number of halogens is 5. The van der Waals surface area contributed by atoms with E-state index in [1.54, 1.807) is 0 Å². The Labute approximate surface area is 131 Å². The fraction of sp³-hybridized carbons (Fsp3) is 0.0769. The number of hydrogen-bond donors (Lipinski definition) is 1. The summed E-state index contributed by atoms with van der Waals surface area (Å²) in [5, 5.41) is 2.50. The number of alkyl halides is 3. The number of carbonyl (C=O) groups excluding carboxylic acids is 1. The summed E-state index contributed by atoms with van der Waals surface area (Å²) in [6, 6.07) is 6.16. The molecule has 0 atom stereocenters. The second-order valence-electron chi connectivity index (χ2n) is 4.01. The van der Waals surface area contributed by atoms with Gasteiger partial charge in [-0.1, -0.05) is 27.5 Å². The molecule has 0 radical (unpaired) electrons. The van der Waals surface area contributed by atoms with Crippen molar-refractivity contribution >= 4 is 39.1 Å². The third-order valence-corrected chi connectivity index (χ3v) is 3.42. The molecule has 1 amide bonds. The molecule has 0 spiro atoms. The molecule has 1 aromatic heterocycles. The summed E-state index contributed by atoms with van der Waals surface area (Å²) < 4.78 is 38.2. The average Bonchev–Trinajstić information content (AvgIpc) is 2.39. The average molecular weight is 380 g/mol. The summed E-state index contributed by atoms with van der Waals surface area (Å²) in [6.07, 6.45) is -3.18. The van der Waals surface area contributed by atoms with Gasteiger partial charge in [0.05, 0.1) is 5.56 Å². The zero-order chi connectivity index (χ0) is 15.6. The van der Waals surface area contributed by atoms with Crippen LogP contribution in [-0.2, 0) is 6.18 Å². The van der Waals surface area contributed by atoms with Gasteiger partial charge >= 0.3 is 6.18 Å². The fourth-order valence-corrected chi connectivity index (χ4v) is 2.21. The molecule has 21 heavy (non-hydrogen) atoms. The van der Waals surface area contributed by atoms with E-state index in [2.05, 4.69) is 26.2 Å². The standard InChI is InChI=1S/C13H7BrClF3N2O/c14-10-2-1-8(6-9(10)13(16,17)18)20-12(21)7-3-4-19-11(15)5-7/h1-6H,(H,20,21). The number of amides is 1. The van der Waals surface area contributed by atoms with Crippen molar-refractivity contribution < 1.29 is 18.0 Å². The maximum atomic E-state index is 12.8. The lowest BCUT2D eigenvalue weighted by molar-refractivity contribution is -0.138. The SMILES string of the molecule is O=C(Nc1ccc(Br)c(C(F)(F)F)c1)c1ccnc(Cl)c1. The number of aromatic nitrogens is 1. The Balaban J connectivity index is 2.26. The normalized spacial score (nSPS) is 11.3. The van der Waals surface area contributed by atoms with E-state index >= 15 is 0 Å². The molecule has 1 aromatic carbocycles. The van der Waals surface area contributed by atoms with Crippen LogP contribution in [-0.4, -0.2) is 10.9 Å². The van der Waals surface area contributed by atoms with Crippen molar-refractivity contribution in [3.63, 3.8) is 0 Å². The minimum atomic E-state index is -4.51. The number of carbonyl (C=O) groups is 1. The van der Waals surface area contributed by atoms with E-state index in [0.717, 1.165) is 6.07 Å². The summed E-state index contributed by atoms with van der Waals surface area (Å²) in [7, 11) is 0. The number of nitrogens with zero attached hydrogens (tertiary/aromatic N) is 1. The van der Waals surface area contributed by atoms with Crippen molar-refractivity contribution in [1.29, 1.82) is 0 Å². The van der Waals surface area contributed by atoms with Crippen molar-refractivity contribution in [2.24, 2.45) is 0 Å². The predicted octanol–water partition coefficient (Wildman–Crippen LogP) is 4.77. The van der Waals surface area contributed by atoms with Crippen molar-refractivity contribution in [3.8, 4) is 0 Å². The van der Waals surface area contributed by atoms with Gasteiger partial charge in [-0.05, 0) is 30.3 Å². The van der Waals surface area contributed by atoms with Gasteiger partial charge in [-0.25, -0.2) is 4.98 Å². The molecule has 2 rings (SSSR count). The molecule has 0 fully saturated rings. The van der Waals surface area contributed by atoms with Gasteiger partial charge in [-0.3, -0.25) is 4.79 Å². The Morgan fingerprint density at radius 3 is 2.57 bits per heavy atom. The number of nitrogens with one attached hydrogen (secondary N) is 1. The number of anilines is 1. The molecular weight excluding hydrogens is 373 g/mol. The number of hydrogen-bond acceptors (Lipinski definition) is 2. The van der Waals surface area contributed by atoms with E-state index in [1.807, 2.05) is 0 Å². The second kappa shape index (κ2) is 6.03. The first-order chi connectivity index (χ1) is 9.77. The van der Waals surface area contributed by atoms with Crippen molar-refractivity contribution in [2.45, 2.75) is 6.18 Å². The van der Waals surface area contributed by atoms with E-state index in [9.17, 15) is 18.0 Å². The molecule has 0 aliphatic heterocycles. The van der Waals surface area contributed by atoms with Gasteiger partial charge in [0, 0.05) is 21.9 Å². The van der Waals surface area contributed by atoms with Crippen LogP contribution >= 0.6 is 27.5 Å². The van der Waals surface area contributed by atoms with Crippen LogP contribution in [0.1, 0.15) is 15.9 Å². The molecule has 1 heterocycles. The molecule has 0 bridgehead atoms. The molecule has 0 saturated carbocycles. The molecular formula is C13H7BrClF3N2O. The largest absolute Gasteiger partial charge is 0.417 e. The van der Waals surface area contributed by atoms with E-state index < -0.39 is 17.6 Å². The lowest BCUT2D eigenvalue weighted by Gasteiger charge is -2.12. The smallest absolute Gasteiger partial charge is 0.322 e. The van der Waals surface area contributed by atoms with Crippen molar-refractivity contribution in [3.05, 3.63) is 57.3 Å². The maximum absolute atomic E-state index is 12.8. The second-order valence-corrected chi connectivity index (χ2v) is 5.26. The van der Waals surface area contributed by atoms with Gasteiger partial charge in [0.1, 0.15) is 5.15 Å². The zero-order valence-corrected chi connectivity index (χ0v) is 12.6. The third-order valence-electron chi connectivity index (χ3n) is 2.52. The highest BCUT2D eigenvalue weighted by molar-refractivity contribution is 9.10. The number of benzene rings is 1. The highest BCUT2D eigenvalue weighted by Crippen LogP contribution is 2.36. The molecule has 0 aliphatic carbocycles. The minimum absolute atomic E-state index is 0.0310. The Hall–Kier alpha value is -1.60. The van der Waals surface area contributed by atoms with Crippen LogP contribution < -0.4 is 5.32 Å². The summed E-state index contributed by atoms with van der Waals surface area (Å²) in [5.41, 5.74) is -0.636. The molecule has 8 heteroatoms. The van der Waals surface area contributed by atoms with Crippen LogP contribution in [0.4, 0.5) is 18.9 Å². The number of rotatable bonds is 2. The zero-order valence-electron chi connectivity index (χ0n) is 10.2. The van der Waals surface area contributed by atoms with E-state index in [0.29, 0.717) is 0 Å². The van der Waals surface area contributed by atoms with Gasteiger partial charge in [-0.2, -0.15) is 13.2 Å². The first-order valence-corrected chi connectivity index (χ1v) is 6.74. The summed E-state index contributed by atoms with van der Waals surface area (Å²) >= 11 is 8.48. The molecule has 0 saturated heterocycles. The van der Waals surface area contributed by atoms with Gasteiger partial charge in [0.2, 0.25) is 0 Å². The van der Waals surface area contributed by atoms with Crippen LogP contribution in [0.3, 0.4) is 0 Å². The molecule has 0 aliphatic rings. The molecule has 110 valence electrons. The lowest BCUT2D eigenvalue weighted by Crippen LogP contribution is -2.13. The van der Waals surface area contributed by atoms with E-state index in [1.165, 1.54) is 30.5 Å². The summed E-state index contributed by atoms with van der Waals surface area (Å²) in [6.45, 7) is 0. The minimum Gasteiger partial charge on any atom is -0.322 e. The Morgan fingerprint density at radius 1 is 1.24 bits per heavy atom. The van der Waals surface area contributed by atoms with Gasteiger partial charge in [0.25, 0.3) is 5.91 Å². The lowest BCUT2D eigenvalue weighted by atomic mass is 10.2. The molecule has 0 unspecified atom stereocenters. The fourth-order valence-electron chi connectivity index (χ4n) is 1.57. The first-order valence-electron chi connectivity index (χ1n) is 5.57. The molecule has 2 aromatic rings. The quantitative estimate of drug-likeness (QED) is 0.764. The topological polar surface area (TPSA) is 42.0 Å².